The van der Waals surface area contributed by atoms with Gasteiger partial charge in [0, 0.05) is 29.7 Å². The summed E-state index contributed by atoms with van der Waals surface area (Å²) in [5.41, 5.74) is 0.793. The molecule has 1 amide bonds. The van der Waals surface area contributed by atoms with Crippen molar-refractivity contribution in [3.63, 3.8) is 0 Å². The topological polar surface area (TPSA) is 58.6 Å². The van der Waals surface area contributed by atoms with Gasteiger partial charge in [-0.1, -0.05) is 15.9 Å². The zero-order valence-electron chi connectivity index (χ0n) is 13.4. The number of anilines is 1. The lowest BCUT2D eigenvalue weighted by Crippen LogP contribution is -2.40. The summed E-state index contributed by atoms with van der Waals surface area (Å²) in [5.74, 6) is -0.180. The first kappa shape index (κ1) is 17.9. The largest absolute Gasteiger partial charge is 0.466 e. The first-order valence-corrected chi connectivity index (χ1v) is 8.82. The normalized spacial score (nSPS) is 18.4. The lowest BCUT2D eigenvalue weighted by Gasteiger charge is -2.31. The number of nitrogens with zero attached hydrogens (tertiary/aromatic N) is 1. The van der Waals surface area contributed by atoms with Gasteiger partial charge < -0.3 is 15.0 Å². The first-order valence-electron chi connectivity index (χ1n) is 8.03. The summed E-state index contributed by atoms with van der Waals surface area (Å²) in [6.07, 6.45) is 2.27. The van der Waals surface area contributed by atoms with Gasteiger partial charge in [-0.15, -0.1) is 0 Å². The molecule has 1 aliphatic rings. The molecule has 1 aliphatic heterocycles. The van der Waals surface area contributed by atoms with Gasteiger partial charge in [-0.05, 0) is 50.6 Å². The van der Waals surface area contributed by atoms with Gasteiger partial charge in [0.1, 0.15) is 0 Å². The molecule has 0 spiro atoms. The third-order valence-corrected chi connectivity index (χ3v) is 4.44. The number of esters is 1. The van der Waals surface area contributed by atoms with Crippen molar-refractivity contribution in [2.24, 2.45) is 5.92 Å². The second-order valence-corrected chi connectivity index (χ2v) is 6.61. The molecule has 1 heterocycles. The number of carbonyl (C=O) groups excluding carboxylic acids is 2. The van der Waals surface area contributed by atoms with Crippen molar-refractivity contribution < 1.29 is 14.3 Å². The highest BCUT2D eigenvalue weighted by molar-refractivity contribution is 9.10. The maximum Gasteiger partial charge on any atom is 0.310 e. The van der Waals surface area contributed by atoms with E-state index in [-0.39, 0.29) is 17.8 Å². The predicted octanol–water partition coefficient (Wildman–Crippen LogP) is 3.05. The van der Waals surface area contributed by atoms with Crippen LogP contribution in [-0.4, -0.2) is 43.0 Å². The van der Waals surface area contributed by atoms with Gasteiger partial charge in [-0.25, -0.2) is 0 Å². The monoisotopic (exact) mass is 382 g/mol. The first-order chi connectivity index (χ1) is 11.1. The van der Waals surface area contributed by atoms with Crippen molar-refractivity contribution in [3.05, 3.63) is 28.7 Å². The Morgan fingerprint density at radius 3 is 2.78 bits per heavy atom. The highest BCUT2D eigenvalue weighted by Gasteiger charge is 2.26. The standard InChI is InChI=1S/C17H23BrN2O3/c1-2-23-17(22)13-4-3-10-20(12-13)11-9-16(21)19-15-7-5-14(18)6-8-15/h5-8,13H,2-4,9-12H2,1H3,(H,19,21)/t13-/m0/s1. The third-order valence-electron chi connectivity index (χ3n) is 3.91. The van der Waals surface area contributed by atoms with Crippen molar-refractivity contribution in [1.82, 2.24) is 4.90 Å². The maximum atomic E-state index is 12.0. The number of hydrogen-bond donors (Lipinski definition) is 1. The van der Waals surface area contributed by atoms with Gasteiger partial charge in [-0.3, -0.25) is 9.59 Å². The molecule has 23 heavy (non-hydrogen) atoms. The number of ether oxygens (including phenoxy) is 1. The molecule has 0 aromatic heterocycles. The van der Waals surface area contributed by atoms with Gasteiger partial charge in [0.2, 0.25) is 5.91 Å². The second-order valence-electron chi connectivity index (χ2n) is 5.70. The van der Waals surface area contributed by atoms with E-state index in [1.54, 1.807) is 0 Å². The summed E-state index contributed by atoms with van der Waals surface area (Å²) in [6.45, 7) is 4.53. The number of piperidine rings is 1. The van der Waals surface area contributed by atoms with E-state index in [1.807, 2.05) is 31.2 Å². The van der Waals surface area contributed by atoms with Crippen LogP contribution in [0, 0.1) is 5.92 Å². The molecule has 2 rings (SSSR count). The zero-order chi connectivity index (χ0) is 16.7. The summed E-state index contributed by atoms with van der Waals surface area (Å²) in [5, 5.41) is 2.88. The van der Waals surface area contributed by atoms with Gasteiger partial charge >= 0.3 is 5.97 Å². The average molecular weight is 383 g/mol. The molecule has 6 heteroatoms. The summed E-state index contributed by atoms with van der Waals surface area (Å²) >= 11 is 3.37. The number of halogens is 1. The molecule has 1 saturated heterocycles. The number of hydrogen-bond acceptors (Lipinski definition) is 4. The number of rotatable bonds is 6. The Morgan fingerprint density at radius 1 is 1.35 bits per heavy atom. The predicted molar refractivity (Wildman–Crippen MR) is 93.2 cm³/mol. The third kappa shape index (κ3) is 5.95. The molecule has 1 aromatic rings. The summed E-state index contributed by atoms with van der Waals surface area (Å²) in [4.78, 5) is 26.0. The quantitative estimate of drug-likeness (QED) is 0.768. The number of carbonyl (C=O) groups is 2. The Kier molecular flexibility index (Phi) is 7.05. The van der Waals surface area contributed by atoms with E-state index in [0.717, 1.165) is 29.5 Å². The van der Waals surface area contributed by atoms with Crippen LogP contribution < -0.4 is 5.32 Å². The molecule has 0 aliphatic carbocycles. The molecule has 1 aromatic carbocycles. The Hall–Kier alpha value is -1.40. The molecular weight excluding hydrogens is 360 g/mol. The van der Waals surface area contributed by atoms with Crippen LogP contribution in [0.2, 0.25) is 0 Å². The minimum atomic E-state index is -0.114. The average Bonchev–Trinajstić information content (AvgIpc) is 2.56. The molecule has 1 atom stereocenters. The molecular formula is C17H23BrN2O3. The van der Waals surface area contributed by atoms with Crippen LogP contribution in [0.4, 0.5) is 5.69 Å². The second kappa shape index (κ2) is 9.03. The SMILES string of the molecule is CCOC(=O)[C@H]1CCCN(CCC(=O)Nc2ccc(Br)cc2)C1. The molecule has 126 valence electrons. The van der Waals surface area contributed by atoms with Gasteiger partial charge in [-0.2, -0.15) is 0 Å². The van der Waals surface area contributed by atoms with E-state index >= 15 is 0 Å². The number of likely N-dealkylation sites (tertiary alicyclic amines) is 1. The zero-order valence-corrected chi connectivity index (χ0v) is 15.0. The smallest absolute Gasteiger partial charge is 0.310 e. The summed E-state index contributed by atoms with van der Waals surface area (Å²) < 4.78 is 6.08. The van der Waals surface area contributed by atoms with Crippen LogP contribution in [0.3, 0.4) is 0 Å². The molecule has 0 saturated carbocycles. The summed E-state index contributed by atoms with van der Waals surface area (Å²) in [7, 11) is 0. The number of nitrogens with one attached hydrogen (secondary N) is 1. The van der Waals surface area contributed by atoms with Crippen molar-refractivity contribution in [2.45, 2.75) is 26.2 Å². The number of benzene rings is 1. The molecule has 1 fully saturated rings. The fourth-order valence-corrected chi connectivity index (χ4v) is 2.99. The minimum Gasteiger partial charge on any atom is -0.466 e. The fourth-order valence-electron chi connectivity index (χ4n) is 2.73. The number of amides is 1. The van der Waals surface area contributed by atoms with Gasteiger partial charge in [0.25, 0.3) is 0 Å². The Bertz CT molecular complexity index is 533. The van der Waals surface area contributed by atoms with Crippen LogP contribution in [0.15, 0.2) is 28.7 Å². The van der Waals surface area contributed by atoms with E-state index in [2.05, 4.69) is 26.1 Å². The highest BCUT2D eigenvalue weighted by atomic mass is 79.9. The highest BCUT2D eigenvalue weighted by Crippen LogP contribution is 2.18. The van der Waals surface area contributed by atoms with Gasteiger partial charge in [0.15, 0.2) is 0 Å². The molecule has 5 nitrogen and oxygen atoms in total. The van der Waals surface area contributed by atoms with E-state index in [1.165, 1.54) is 0 Å². The molecule has 0 bridgehead atoms. The van der Waals surface area contributed by atoms with Crippen LogP contribution in [0.25, 0.3) is 0 Å². The van der Waals surface area contributed by atoms with E-state index in [4.69, 9.17) is 4.74 Å². The van der Waals surface area contributed by atoms with E-state index in [0.29, 0.717) is 26.1 Å². The van der Waals surface area contributed by atoms with Crippen molar-refractivity contribution in [1.29, 1.82) is 0 Å². The van der Waals surface area contributed by atoms with Crippen molar-refractivity contribution in [3.8, 4) is 0 Å². The van der Waals surface area contributed by atoms with Gasteiger partial charge in [0.05, 0.1) is 12.5 Å². The minimum absolute atomic E-state index is 0.00872. The van der Waals surface area contributed by atoms with Crippen LogP contribution in [0.5, 0.6) is 0 Å². The van der Waals surface area contributed by atoms with E-state index < -0.39 is 0 Å². The Balaban J connectivity index is 1.75. The van der Waals surface area contributed by atoms with Crippen molar-refractivity contribution >= 4 is 33.5 Å². The lowest BCUT2D eigenvalue weighted by atomic mass is 9.98. The Morgan fingerprint density at radius 2 is 2.09 bits per heavy atom. The van der Waals surface area contributed by atoms with Crippen LogP contribution >= 0.6 is 15.9 Å². The molecule has 0 radical (unpaired) electrons. The molecule has 0 unspecified atom stereocenters. The fraction of sp³-hybridized carbons (Fsp3) is 0.529. The molecule has 1 N–H and O–H groups in total. The van der Waals surface area contributed by atoms with Crippen LogP contribution in [0.1, 0.15) is 26.2 Å². The maximum absolute atomic E-state index is 12.0. The van der Waals surface area contributed by atoms with E-state index in [9.17, 15) is 9.59 Å². The van der Waals surface area contributed by atoms with Crippen molar-refractivity contribution in [2.75, 3.05) is 31.6 Å². The Labute approximate surface area is 145 Å². The lowest BCUT2D eigenvalue weighted by molar-refractivity contribution is -0.149. The van der Waals surface area contributed by atoms with Crippen LogP contribution in [-0.2, 0) is 14.3 Å². The summed E-state index contributed by atoms with van der Waals surface area (Å²) in [6, 6.07) is 7.51.